The van der Waals surface area contributed by atoms with Crippen molar-refractivity contribution >= 4 is 16.4 Å². The molecule has 5 nitrogen and oxygen atoms in total. The molecule has 1 fully saturated rings. The van der Waals surface area contributed by atoms with Crippen molar-refractivity contribution < 1.29 is 13.2 Å². The Morgan fingerprint density at radius 2 is 2.31 bits per heavy atom. The van der Waals surface area contributed by atoms with Gasteiger partial charge in [0.1, 0.15) is 0 Å². The SMILES string of the molecule is CS(=O)(=O)NCC1CCCN1C=O. The van der Waals surface area contributed by atoms with Crippen molar-refractivity contribution in [2.24, 2.45) is 0 Å². The van der Waals surface area contributed by atoms with Gasteiger partial charge < -0.3 is 4.90 Å². The summed E-state index contributed by atoms with van der Waals surface area (Å²) in [5.41, 5.74) is 0. The Labute approximate surface area is 78.2 Å². The second-order valence-electron chi connectivity index (χ2n) is 3.26. The quantitative estimate of drug-likeness (QED) is 0.610. The van der Waals surface area contributed by atoms with Gasteiger partial charge in [-0.15, -0.1) is 0 Å². The van der Waals surface area contributed by atoms with Gasteiger partial charge in [0.2, 0.25) is 16.4 Å². The number of rotatable bonds is 4. The largest absolute Gasteiger partial charge is 0.341 e. The molecule has 13 heavy (non-hydrogen) atoms. The molecule has 0 aromatic rings. The number of amides is 1. The lowest BCUT2D eigenvalue weighted by atomic mass is 10.2. The Kier molecular flexibility index (Phi) is 3.27. The van der Waals surface area contributed by atoms with E-state index in [1.807, 2.05) is 0 Å². The van der Waals surface area contributed by atoms with Crippen molar-refractivity contribution in [2.45, 2.75) is 18.9 Å². The molecule has 0 aliphatic carbocycles. The van der Waals surface area contributed by atoms with Crippen LogP contribution in [0.2, 0.25) is 0 Å². The van der Waals surface area contributed by atoms with Crippen molar-refractivity contribution in [3.63, 3.8) is 0 Å². The van der Waals surface area contributed by atoms with Crippen LogP contribution in [-0.2, 0) is 14.8 Å². The number of nitrogens with one attached hydrogen (secondary N) is 1. The van der Waals surface area contributed by atoms with E-state index in [2.05, 4.69) is 4.72 Å². The standard InChI is InChI=1S/C7H14N2O3S/c1-13(11,12)8-5-7-3-2-4-9(7)6-10/h6-8H,2-5H2,1H3. The summed E-state index contributed by atoms with van der Waals surface area (Å²) >= 11 is 0. The number of hydrogen-bond acceptors (Lipinski definition) is 3. The predicted molar refractivity (Wildman–Crippen MR) is 48.6 cm³/mol. The summed E-state index contributed by atoms with van der Waals surface area (Å²) in [6.07, 6.45) is 3.73. The van der Waals surface area contributed by atoms with Gasteiger partial charge in [0, 0.05) is 19.1 Å². The zero-order valence-corrected chi connectivity index (χ0v) is 8.38. The van der Waals surface area contributed by atoms with Crippen LogP contribution >= 0.6 is 0 Å². The zero-order chi connectivity index (χ0) is 9.90. The molecule has 1 unspecified atom stereocenters. The molecule has 6 heteroatoms. The molecule has 0 aromatic carbocycles. The Balaban J connectivity index is 2.40. The van der Waals surface area contributed by atoms with E-state index < -0.39 is 10.0 Å². The first kappa shape index (κ1) is 10.5. The van der Waals surface area contributed by atoms with Crippen LogP contribution in [0, 0.1) is 0 Å². The number of nitrogens with zero attached hydrogens (tertiary/aromatic N) is 1. The minimum atomic E-state index is -3.14. The van der Waals surface area contributed by atoms with Gasteiger partial charge in [-0.2, -0.15) is 0 Å². The molecular formula is C7H14N2O3S. The van der Waals surface area contributed by atoms with E-state index in [1.54, 1.807) is 4.90 Å². The van der Waals surface area contributed by atoms with E-state index in [-0.39, 0.29) is 6.04 Å². The van der Waals surface area contributed by atoms with Crippen molar-refractivity contribution in [3.05, 3.63) is 0 Å². The summed E-state index contributed by atoms with van der Waals surface area (Å²) in [5.74, 6) is 0. The highest BCUT2D eigenvalue weighted by Crippen LogP contribution is 2.13. The lowest BCUT2D eigenvalue weighted by Crippen LogP contribution is -2.39. The Morgan fingerprint density at radius 1 is 1.62 bits per heavy atom. The highest BCUT2D eigenvalue weighted by atomic mass is 32.2. The van der Waals surface area contributed by atoms with Gasteiger partial charge in [-0.25, -0.2) is 13.1 Å². The van der Waals surface area contributed by atoms with E-state index in [0.717, 1.165) is 32.1 Å². The molecule has 1 atom stereocenters. The van der Waals surface area contributed by atoms with Crippen LogP contribution in [0.4, 0.5) is 0 Å². The molecular weight excluding hydrogens is 192 g/mol. The van der Waals surface area contributed by atoms with E-state index in [9.17, 15) is 13.2 Å². The maximum absolute atomic E-state index is 10.8. The first-order valence-corrected chi connectivity index (χ1v) is 6.08. The maximum Gasteiger partial charge on any atom is 0.209 e. The average molecular weight is 206 g/mol. The van der Waals surface area contributed by atoms with Gasteiger partial charge >= 0.3 is 0 Å². The monoisotopic (exact) mass is 206 g/mol. The van der Waals surface area contributed by atoms with Crippen molar-refractivity contribution in [3.8, 4) is 0 Å². The Hall–Kier alpha value is -0.620. The van der Waals surface area contributed by atoms with E-state index >= 15 is 0 Å². The molecule has 1 rings (SSSR count). The fourth-order valence-corrected chi connectivity index (χ4v) is 1.96. The highest BCUT2D eigenvalue weighted by Gasteiger charge is 2.23. The second kappa shape index (κ2) is 4.06. The number of carbonyl (C=O) groups excluding carboxylic acids is 1. The summed E-state index contributed by atoms with van der Waals surface area (Å²) in [4.78, 5) is 12.1. The number of likely N-dealkylation sites (tertiary alicyclic amines) is 1. The normalized spacial score (nSPS) is 23.5. The molecule has 1 heterocycles. The number of carbonyl (C=O) groups is 1. The van der Waals surface area contributed by atoms with Gasteiger partial charge in [0.15, 0.2) is 0 Å². The third-order valence-corrected chi connectivity index (χ3v) is 2.83. The van der Waals surface area contributed by atoms with E-state index in [0.29, 0.717) is 6.54 Å². The fraction of sp³-hybridized carbons (Fsp3) is 0.857. The number of sulfonamides is 1. The topological polar surface area (TPSA) is 66.5 Å². The van der Waals surface area contributed by atoms with E-state index in [4.69, 9.17) is 0 Å². The van der Waals surface area contributed by atoms with Crippen LogP contribution in [0.3, 0.4) is 0 Å². The van der Waals surface area contributed by atoms with Gasteiger partial charge in [-0.05, 0) is 12.8 Å². The van der Waals surface area contributed by atoms with Crippen molar-refractivity contribution in [1.29, 1.82) is 0 Å². The van der Waals surface area contributed by atoms with Crippen LogP contribution in [0.1, 0.15) is 12.8 Å². The molecule has 0 aromatic heterocycles. The van der Waals surface area contributed by atoms with Gasteiger partial charge in [-0.3, -0.25) is 4.79 Å². The van der Waals surface area contributed by atoms with Crippen LogP contribution < -0.4 is 4.72 Å². The van der Waals surface area contributed by atoms with Crippen LogP contribution in [0.25, 0.3) is 0 Å². The highest BCUT2D eigenvalue weighted by molar-refractivity contribution is 7.88. The third kappa shape index (κ3) is 3.31. The van der Waals surface area contributed by atoms with Crippen LogP contribution in [-0.4, -0.2) is 45.1 Å². The summed E-state index contributed by atoms with van der Waals surface area (Å²) in [6, 6.07) is 0.0345. The van der Waals surface area contributed by atoms with Crippen molar-refractivity contribution in [1.82, 2.24) is 9.62 Å². The number of hydrogen-bond donors (Lipinski definition) is 1. The summed E-state index contributed by atoms with van der Waals surface area (Å²) in [7, 11) is -3.14. The molecule has 1 amide bonds. The lowest BCUT2D eigenvalue weighted by molar-refractivity contribution is -0.118. The average Bonchev–Trinajstić information content (AvgIpc) is 2.46. The molecule has 0 saturated carbocycles. The molecule has 0 spiro atoms. The first-order chi connectivity index (χ1) is 6.03. The lowest BCUT2D eigenvalue weighted by Gasteiger charge is -2.19. The molecule has 0 bridgehead atoms. The summed E-state index contributed by atoms with van der Waals surface area (Å²) < 4.78 is 23.9. The smallest absolute Gasteiger partial charge is 0.209 e. The first-order valence-electron chi connectivity index (χ1n) is 4.18. The molecule has 76 valence electrons. The third-order valence-electron chi connectivity index (χ3n) is 2.14. The summed E-state index contributed by atoms with van der Waals surface area (Å²) in [5, 5.41) is 0. The van der Waals surface area contributed by atoms with Gasteiger partial charge in [0.25, 0.3) is 0 Å². The molecule has 1 N–H and O–H groups in total. The molecule has 1 saturated heterocycles. The predicted octanol–water partition coefficient (Wildman–Crippen LogP) is -0.844. The van der Waals surface area contributed by atoms with E-state index in [1.165, 1.54) is 0 Å². The van der Waals surface area contributed by atoms with Crippen LogP contribution in [0.15, 0.2) is 0 Å². The zero-order valence-electron chi connectivity index (χ0n) is 7.56. The molecule has 1 aliphatic heterocycles. The fourth-order valence-electron chi connectivity index (χ4n) is 1.46. The molecule has 0 radical (unpaired) electrons. The minimum absolute atomic E-state index is 0.0345. The Bertz CT molecular complexity index is 275. The van der Waals surface area contributed by atoms with Crippen LogP contribution in [0.5, 0.6) is 0 Å². The Morgan fingerprint density at radius 3 is 2.85 bits per heavy atom. The molecule has 1 aliphatic rings. The van der Waals surface area contributed by atoms with Gasteiger partial charge in [-0.1, -0.05) is 0 Å². The maximum atomic E-state index is 10.8. The summed E-state index contributed by atoms with van der Waals surface area (Å²) in [6.45, 7) is 1.07. The minimum Gasteiger partial charge on any atom is -0.341 e. The van der Waals surface area contributed by atoms with Gasteiger partial charge in [0.05, 0.1) is 6.26 Å². The second-order valence-corrected chi connectivity index (χ2v) is 5.09. The van der Waals surface area contributed by atoms with Crippen molar-refractivity contribution in [2.75, 3.05) is 19.3 Å².